The molecule has 98 valence electrons. The summed E-state index contributed by atoms with van der Waals surface area (Å²) in [7, 11) is 0. The molecule has 3 nitrogen and oxygen atoms in total. The molecule has 0 bridgehead atoms. The van der Waals surface area contributed by atoms with Gasteiger partial charge in [0.2, 0.25) is 5.91 Å². The lowest BCUT2D eigenvalue weighted by atomic mass is 9.84. The zero-order valence-corrected chi connectivity index (χ0v) is 11.1. The largest absolute Gasteiger partial charge is 0.343 e. The van der Waals surface area contributed by atoms with Crippen LogP contribution >= 0.6 is 0 Å². The molecule has 1 atom stereocenters. The summed E-state index contributed by atoms with van der Waals surface area (Å²) in [6, 6.07) is 0. The van der Waals surface area contributed by atoms with Crippen molar-refractivity contribution < 1.29 is 4.79 Å². The number of likely N-dealkylation sites (tertiary alicyclic amines) is 1. The molecule has 1 N–H and O–H groups in total. The Morgan fingerprint density at radius 2 is 2.00 bits per heavy atom. The lowest BCUT2D eigenvalue weighted by Gasteiger charge is -2.34. The summed E-state index contributed by atoms with van der Waals surface area (Å²) in [6.45, 7) is 6.55. The fraction of sp³-hybridized carbons (Fsp3) is 0.929. The van der Waals surface area contributed by atoms with E-state index in [-0.39, 0.29) is 0 Å². The van der Waals surface area contributed by atoms with Crippen LogP contribution < -0.4 is 5.32 Å². The number of hydrogen-bond donors (Lipinski definition) is 1. The first kappa shape index (κ1) is 12.9. The third kappa shape index (κ3) is 3.44. The summed E-state index contributed by atoms with van der Waals surface area (Å²) in [5.74, 6) is 2.12. The summed E-state index contributed by atoms with van der Waals surface area (Å²) in [5.41, 5.74) is 0. The Hall–Kier alpha value is -0.570. The van der Waals surface area contributed by atoms with Crippen LogP contribution in [0.1, 0.15) is 45.4 Å². The van der Waals surface area contributed by atoms with Gasteiger partial charge in [0.25, 0.3) is 0 Å². The maximum absolute atomic E-state index is 11.9. The van der Waals surface area contributed by atoms with Crippen molar-refractivity contribution in [1.29, 1.82) is 0 Å². The summed E-state index contributed by atoms with van der Waals surface area (Å²) in [4.78, 5) is 14.0. The van der Waals surface area contributed by atoms with Gasteiger partial charge in [-0.15, -0.1) is 0 Å². The van der Waals surface area contributed by atoms with Crippen LogP contribution in [0.3, 0.4) is 0 Å². The van der Waals surface area contributed by atoms with Gasteiger partial charge in [0.1, 0.15) is 0 Å². The smallest absolute Gasteiger partial charge is 0.222 e. The van der Waals surface area contributed by atoms with Crippen molar-refractivity contribution in [1.82, 2.24) is 10.2 Å². The van der Waals surface area contributed by atoms with E-state index in [4.69, 9.17) is 0 Å². The summed E-state index contributed by atoms with van der Waals surface area (Å²) >= 11 is 0. The first-order valence-corrected chi connectivity index (χ1v) is 7.29. The lowest BCUT2D eigenvalue weighted by molar-refractivity contribution is -0.132. The molecule has 0 aromatic carbocycles. The Kier molecular flexibility index (Phi) is 4.84. The highest BCUT2D eigenvalue weighted by Gasteiger charge is 2.29. The SMILES string of the molecule is CCCCC(=O)N1CCC(C2CCNC2)CC1. The molecule has 2 aliphatic rings. The van der Waals surface area contributed by atoms with Gasteiger partial charge in [-0.05, 0) is 50.6 Å². The van der Waals surface area contributed by atoms with E-state index in [1.807, 2.05) is 0 Å². The second-order valence-corrected chi connectivity index (χ2v) is 5.57. The van der Waals surface area contributed by atoms with Crippen LogP contribution in [-0.2, 0) is 4.79 Å². The molecule has 0 aromatic rings. The van der Waals surface area contributed by atoms with E-state index < -0.39 is 0 Å². The Morgan fingerprint density at radius 3 is 2.59 bits per heavy atom. The number of piperidine rings is 1. The third-order valence-electron chi connectivity index (χ3n) is 4.40. The van der Waals surface area contributed by atoms with Crippen molar-refractivity contribution in [2.24, 2.45) is 11.8 Å². The van der Waals surface area contributed by atoms with Crippen molar-refractivity contribution in [2.75, 3.05) is 26.2 Å². The van der Waals surface area contributed by atoms with Gasteiger partial charge in [0.05, 0.1) is 0 Å². The minimum atomic E-state index is 0.384. The molecule has 2 heterocycles. The number of amides is 1. The number of rotatable bonds is 4. The molecule has 0 saturated carbocycles. The quantitative estimate of drug-likeness (QED) is 0.812. The molecule has 3 heteroatoms. The fourth-order valence-corrected chi connectivity index (χ4v) is 3.19. The number of carbonyl (C=O) groups excluding carboxylic acids is 1. The van der Waals surface area contributed by atoms with Gasteiger partial charge in [-0.2, -0.15) is 0 Å². The molecule has 1 amide bonds. The average molecular weight is 238 g/mol. The van der Waals surface area contributed by atoms with E-state index in [2.05, 4.69) is 17.1 Å². The summed E-state index contributed by atoms with van der Waals surface area (Å²) in [6.07, 6.45) is 6.72. The normalized spacial score (nSPS) is 26.4. The second kappa shape index (κ2) is 6.39. The van der Waals surface area contributed by atoms with Gasteiger partial charge in [0.15, 0.2) is 0 Å². The van der Waals surface area contributed by atoms with Gasteiger partial charge in [-0.3, -0.25) is 4.79 Å². The molecule has 2 rings (SSSR count). The van der Waals surface area contributed by atoms with Crippen molar-refractivity contribution >= 4 is 5.91 Å². The lowest BCUT2D eigenvalue weighted by Crippen LogP contribution is -2.40. The Morgan fingerprint density at radius 1 is 1.24 bits per heavy atom. The van der Waals surface area contributed by atoms with Crippen molar-refractivity contribution in [2.45, 2.75) is 45.4 Å². The van der Waals surface area contributed by atoms with Gasteiger partial charge >= 0.3 is 0 Å². The van der Waals surface area contributed by atoms with Gasteiger partial charge in [0, 0.05) is 19.5 Å². The molecule has 2 aliphatic heterocycles. The first-order valence-electron chi connectivity index (χ1n) is 7.29. The van der Waals surface area contributed by atoms with Gasteiger partial charge < -0.3 is 10.2 Å². The number of nitrogens with zero attached hydrogens (tertiary/aromatic N) is 1. The topological polar surface area (TPSA) is 32.3 Å². The number of carbonyl (C=O) groups is 1. The second-order valence-electron chi connectivity index (χ2n) is 5.57. The molecule has 0 aromatic heterocycles. The summed E-state index contributed by atoms with van der Waals surface area (Å²) < 4.78 is 0. The molecule has 17 heavy (non-hydrogen) atoms. The van der Waals surface area contributed by atoms with Crippen molar-refractivity contribution in [3.05, 3.63) is 0 Å². The zero-order valence-electron chi connectivity index (χ0n) is 11.1. The molecule has 0 aliphatic carbocycles. The van der Waals surface area contributed by atoms with Gasteiger partial charge in [-0.1, -0.05) is 13.3 Å². The minimum absolute atomic E-state index is 0.384. The molecule has 0 spiro atoms. The highest BCUT2D eigenvalue weighted by Crippen LogP contribution is 2.29. The van der Waals surface area contributed by atoms with E-state index >= 15 is 0 Å². The highest BCUT2D eigenvalue weighted by atomic mass is 16.2. The van der Waals surface area contributed by atoms with Crippen LogP contribution in [0.2, 0.25) is 0 Å². The summed E-state index contributed by atoms with van der Waals surface area (Å²) in [5, 5.41) is 3.45. The maximum atomic E-state index is 11.9. The van der Waals surface area contributed by atoms with Crippen LogP contribution in [-0.4, -0.2) is 37.0 Å². The number of nitrogens with one attached hydrogen (secondary N) is 1. The fourth-order valence-electron chi connectivity index (χ4n) is 3.19. The predicted octanol–water partition coefficient (Wildman–Crippen LogP) is 2.02. The monoisotopic (exact) mass is 238 g/mol. The van der Waals surface area contributed by atoms with Crippen molar-refractivity contribution in [3.63, 3.8) is 0 Å². The van der Waals surface area contributed by atoms with E-state index in [9.17, 15) is 4.79 Å². The molecule has 2 saturated heterocycles. The molecule has 2 fully saturated rings. The highest BCUT2D eigenvalue weighted by molar-refractivity contribution is 5.76. The van der Waals surface area contributed by atoms with Crippen LogP contribution in [0.5, 0.6) is 0 Å². The molecular weight excluding hydrogens is 212 g/mol. The van der Waals surface area contributed by atoms with Crippen molar-refractivity contribution in [3.8, 4) is 0 Å². The predicted molar refractivity (Wildman–Crippen MR) is 69.8 cm³/mol. The number of unbranched alkanes of at least 4 members (excludes halogenated alkanes) is 1. The molecule has 1 unspecified atom stereocenters. The maximum Gasteiger partial charge on any atom is 0.222 e. The molecular formula is C14H26N2O. The van der Waals surface area contributed by atoms with Gasteiger partial charge in [-0.25, -0.2) is 0 Å². The Bertz CT molecular complexity index is 241. The molecule has 0 radical (unpaired) electrons. The van der Waals surface area contributed by atoms with E-state index in [0.29, 0.717) is 5.91 Å². The average Bonchev–Trinajstić information content (AvgIpc) is 2.90. The Labute approximate surface area is 105 Å². The minimum Gasteiger partial charge on any atom is -0.343 e. The Balaban J connectivity index is 1.71. The number of hydrogen-bond acceptors (Lipinski definition) is 2. The van der Waals surface area contributed by atoms with Crippen LogP contribution in [0.4, 0.5) is 0 Å². The van der Waals surface area contributed by atoms with E-state index in [1.165, 1.54) is 32.4 Å². The van der Waals surface area contributed by atoms with Crippen LogP contribution in [0.15, 0.2) is 0 Å². The van der Waals surface area contributed by atoms with E-state index in [0.717, 1.165) is 44.2 Å². The van der Waals surface area contributed by atoms with Crippen LogP contribution in [0, 0.1) is 11.8 Å². The first-order chi connectivity index (χ1) is 8.31. The zero-order chi connectivity index (χ0) is 12.1. The third-order valence-corrected chi connectivity index (χ3v) is 4.40. The standard InChI is InChI=1S/C14H26N2O/c1-2-3-4-14(17)16-9-6-12(7-10-16)13-5-8-15-11-13/h12-13,15H,2-11H2,1H3. The van der Waals surface area contributed by atoms with E-state index in [1.54, 1.807) is 0 Å². The van der Waals surface area contributed by atoms with Crippen LogP contribution in [0.25, 0.3) is 0 Å².